The number of carbonyl (C=O) groups is 5. The molecule has 0 aliphatic carbocycles. The third kappa shape index (κ3) is 11.1. The zero-order chi connectivity index (χ0) is 34.5. The highest BCUT2D eigenvalue weighted by molar-refractivity contribution is 5.95. The molecule has 0 radical (unpaired) electrons. The van der Waals surface area contributed by atoms with Crippen molar-refractivity contribution in [1.82, 2.24) is 26.6 Å². The minimum atomic E-state index is -1.13. The van der Waals surface area contributed by atoms with Crippen molar-refractivity contribution in [1.29, 1.82) is 0 Å². The molecule has 3 aromatic carbocycles. The molecule has 1 fully saturated rings. The number of phenolic OH excluding ortho intramolecular Hbond substituents is 2. The highest BCUT2D eigenvalue weighted by Crippen LogP contribution is 2.14. The summed E-state index contributed by atoms with van der Waals surface area (Å²) in [5.41, 5.74) is 8.30. The Hall–Kier alpha value is -5.43. The molecule has 3 aromatic rings. The van der Waals surface area contributed by atoms with Gasteiger partial charge in [-0.05, 0) is 66.6 Å². The van der Waals surface area contributed by atoms with Crippen molar-refractivity contribution in [3.8, 4) is 11.5 Å². The Morgan fingerprint density at radius 2 is 1.29 bits per heavy atom. The third-order valence-electron chi connectivity index (χ3n) is 7.95. The van der Waals surface area contributed by atoms with Crippen LogP contribution in [0.1, 0.15) is 36.0 Å². The molecule has 48 heavy (non-hydrogen) atoms. The van der Waals surface area contributed by atoms with Crippen LogP contribution in [0.3, 0.4) is 0 Å². The summed E-state index contributed by atoms with van der Waals surface area (Å²) in [6.45, 7) is -0.0236. The van der Waals surface area contributed by atoms with Crippen molar-refractivity contribution in [2.75, 3.05) is 13.1 Å². The smallest absolute Gasteiger partial charge is 0.243 e. The van der Waals surface area contributed by atoms with E-state index in [0.717, 1.165) is 11.1 Å². The van der Waals surface area contributed by atoms with Crippen molar-refractivity contribution in [2.45, 2.75) is 62.7 Å². The average molecular weight is 659 g/mol. The van der Waals surface area contributed by atoms with Gasteiger partial charge in [-0.15, -0.1) is 0 Å². The summed E-state index contributed by atoms with van der Waals surface area (Å²) in [5.74, 6) is -2.72. The first-order valence-corrected chi connectivity index (χ1v) is 15.9. The quantitative estimate of drug-likeness (QED) is 0.169. The van der Waals surface area contributed by atoms with Crippen molar-refractivity contribution in [2.24, 2.45) is 5.73 Å². The number of hydrogen-bond acceptors (Lipinski definition) is 8. The standard InChI is InChI=1S/C35H42N6O7/c36-27(18-23-9-13-25(42)14-10-23)32(45)39-28-8-4-5-17-37-31(44)21-38-33(46)29(20-24-11-15-26(43)16-12-24)40-35(48)30(41-34(28)47)19-22-6-2-1-3-7-22/h1-3,6-7,9-16,27-30,42-43H,4-5,8,17-21,36H2,(H,37,44)(H,38,46)(H,39,45)(H,40,48)(H,41,47)/t27-,28+,29-,30-/m0/s1. The monoisotopic (exact) mass is 658 g/mol. The van der Waals surface area contributed by atoms with Crippen LogP contribution in [-0.2, 0) is 43.2 Å². The maximum atomic E-state index is 13.8. The zero-order valence-corrected chi connectivity index (χ0v) is 26.5. The Labute approximate surface area is 278 Å². The van der Waals surface area contributed by atoms with Gasteiger partial charge in [0.25, 0.3) is 0 Å². The van der Waals surface area contributed by atoms with E-state index < -0.39 is 53.7 Å². The topological polar surface area (TPSA) is 212 Å². The summed E-state index contributed by atoms with van der Waals surface area (Å²) in [4.78, 5) is 66.5. The summed E-state index contributed by atoms with van der Waals surface area (Å²) in [7, 11) is 0. The summed E-state index contributed by atoms with van der Waals surface area (Å²) < 4.78 is 0. The van der Waals surface area contributed by atoms with E-state index in [1.165, 1.54) is 24.3 Å². The average Bonchev–Trinajstić information content (AvgIpc) is 3.07. The number of nitrogens with two attached hydrogens (primary N) is 1. The van der Waals surface area contributed by atoms with E-state index in [2.05, 4.69) is 26.6 Å². The minimum absolute atomic E-state index is 0.0375. The Morgan fingerprint density at radius 3 is 1.94 bits per heavy atom. The molecular weight excluding hydrogens is 616 g/mol. The Kier molecular flexibility index (Phi) is 12.9. The molecular formula is C35H42N6O7. The molecule has 1 saturated heterocycles. The SMILES string of the molecule is N[C@@H](Cc1ccc(O)cc1)C(=O)N[C@@H]1CCCCNC(=O)CNC(=O)[C@H](Cc2ccc(O)cc2)NC(=O)[C@H](Cc2ccccc2)NC1=O. The summed E-state index contributed by atoms with van der Waals surface area (Å²) in [6.07, 6.45) is 1.44. The molecule has 0 saturated carbocycles. The number of nitrogens with one attached hydrogen (secondary N) is 5. The van der Waals surface area contributed by atoms with Crippen LogP contribution in [0.2, 0.25) is 0 Å². The lowest BCUT2D eigenvalue weighted by molar-refractivity contribution is -0.134. The number of benzene rings is 3. The first-order valence-electron chi connectivity index (χ1n) is 15.9. The first kappa shape index (κ1) is 35.4. The zero-order valence-electron chi connectivity index (χ0n) is 26.5. The molecule has 1 heterocycles. The van der Waals surface area contributed by atoms with Crippen LogP contribution < -0.4 is 32.3 Å². The summed E-state index contributed by atoms with van der Waals surface area (Å²) in [6, 6.07) is 17.2. The van der Waals surface area contributed by atoms with Gasteiger partial charge in [0.05, 0.1) is 12.6 Å². The molecule has 4 rings (SSSR count). The van der Waals surface area contributed by atoms with Gasteiger partial charge in [0.2, 0.25) is 29.5 Å². The van der Waals surface area contributed by atoms with Gasteiger partial charge < -0.3 is 42.5 Å². The predicted molar refractivity (Wildman–Crippen MR) is 177 cm³/mol. The molecule has 0 unspecified atom stereocenters. The largest absolute Gasteiger partial charge is 0.508 e. The number of amides is 5. The fourth-order valence-electron chi connectivity index (χ4n) is 5.26. The van der Waals surface area contributed by atoms with Gasteiger partial charge in [0.1, 0.15) is 29.6 Å². The highest BCUT2D eigenvalue weighted by atomic mass is 16.3. The van der Waals surface area contributed by atoms with E-state index >= 15 is 0 Å². The van der Waals surface area contributed by atoms with Crippen LogP contribution in [-0.4, -0.2) is 77.0 Å². The maximum absolute atomic E-state index is 13.8. The lowest BCUT2D eigenvalue weighted by atomic mass is 10.0. The molecule has 5 amide bonds. The number of aromatic hydroxyl groups is 2. The Bertz CT molecular complexity index is 1550. The number of rotatable bonds is 8. The highest BCUT2D eigenvalue weighted by Gasteiger charge is 2.31. The number of hydrogen-bond donors (Lipinski definition) is 8. The van der Waals surface area contributed by atoms with Gasteiger partial charge in [-0.25, -0.2) is 0 Å². The number of carbonyl (C=O) groups excluding carboxylic acids is 5. The molecule has 0 spiro atoms. The van der Waals surface area contributed by atoms with E-state index in [9.17, 15) is 34.2 Å². The molecule has 254 valence electrons. The molecule has 13 nitrogen and oxygen atoms in total. The van der Waals surface area contributed by atoms with Crippen molar-refractivity contribution in [3.05, 3.63) is 95.6 Å². The Balaban J connectivity index is 1.57. The van der Waals surface area contributed by atoms with E-state index in [1.54, 1.807) is 48.5 Å². The normalized spacial score (nSPS) is 20.4. The lowest BCUT2D eigenvalue weighted by Gasteiger charge is -2.26. The summed E-state index contributed by atoms with van der Waals surface area (Å²) in [5, 5.41) is 32.8. The van der Waals surface area contributed by atoms with Crippen LogP contribution >= 0.6 is 0 Å². The fraction of sp³-hybridized carbons (Fsp3) is 0.343. The van der Waals surface area contributed by atoms with Gasteiger partial charge in [-0.2, -0.15) is 0 Å². The van der Waals surface area contributed by atoms with Gasteiger partial charge >= 0.3 is 0 Å². The van der Waals surface area contributed by atoms with Crippen LogP contribution in [0.15, 0.2) is 78.9 Å². The van der Waals surface area contributed by atoms with E-state index in [-0.39, 0.29) is 50.3 Å². The van der Waals surface area contributed by atoms with Gasteiger partial charge in [0.15, 0.2) is 0 Å². The second-order valence-corrected chi connectivity index (χ2v) is 11.8. The molecule has 13 heteroatoms. The molecule has 1 aliphatic heterocycles. The van der Waals surface area contributed by atoms with Crippen molar-refractivity contribution < 1.29 is 34.2 Å². The first-order chi connectivity index (χ1) is 23.1. The molecule has 0 aromatic heterocycles. The van der Waals surface area contributed by atoms with E-state index in [4.69, 9.17) is 5.73 Å². The third-order valence-corrected chi connectivity index (χ3v) is 7.95. The lowest BCUT2D eigenvalue weighted by Crippen LogP contribution is -2.59. The van der Waals surface area contributed by atoms with Crippen LogP contribution in [0.25, 0.3) is 0 Å². The van der Waals surface area contributed by atoms with Crippen molar-refractivity contribution in [3.63, 3.8) is 0 Å². The van der Waals surface area contributed by atoms with Crippen LogP contribution in [0, 0.1) is 0 Å². The van der Waals surface area contributed by atoms with E-state index in [0.29, 0.717) is 18.4 Å². The van der Waals surface area contributed by atoms with Crippen LogP contribution in [0.5, 0.6) is 11.5 Å². The number of phenols is 2. The maximum Gasteiger partial charge on any atom is 0.243 e. The molecule has 0 bridgehead atoms. The molecule has 4 atom stereocenters. The van der Waals surface area contributed by atoms with Gasteiger partial charge in [-0.1, -0.05) is 54.6 Å². The van der Waals surface area contributed by atoms with E-state index in [1.807, 2.05) is 6.07 Å². The molecule has 1 aliphatic rings. The van der Waals surface area contributed by atoms with Gasteiger partial charge in [0, 0.05) is 19.4 Å². The molecule has 9 N–H and O–H groups in total. The Morgan fingerprint density at radius 1 is 0.729 bits per heavy atom. The summed E-state index contributed by atoms with van der Waals surface area (Å²) >= 11 is 0. The second kappa shape index (κ2) is 17.5. The minimum Gasteiger partial charge on any atom is -0.508 e. The second-order valence-electron chi connectivity index (χ2n) is 11.8. The predicted octanol–water partition coefficient (Wildman–Crippen LogP) is 0.324. The van der Waals surface area contributed by atoms with Crippen molar-refractivity contribution >= 4 is 29.5 Å². The fourth-order valence-corrected chi connectivity index (χ4v) is 5.26. The van der Waals surface area contributed by atoms with Crippen LogP contribution in [0.4, 0.5) is 0 Å². The van der Waals surface area contributed by atoms with Gasteiger partial charge in [-0.3, -0.25) is 24.0 Å².